The molecule has 1 saturated carbocycles. The van der Waals surface area contributed by atoms with Crippen LogP contribution in [0.1, 0.15) is 46.0 Å². The zero-order chi connectivity index (χ0) is 9.47. The van der Waals surface area contributed by atoms with Crippen LogP contribution in [0.15, 0.2) is 0 Å². The normalized spacial score (nSPS) is 33.7. The molecule has 1 N–H and O–H groups in total. The number of hydrogen-bond donors (Lipinski definition) is 1. The second-order valence-electron chi connectivity index (χ2n) is 4.95. The molecule has 0 aromatic heterocycles. The van der Waals surface area contributed by atoms with Crippen molar-refractivity contribution in [1.29, 1.82) is 0 Å². The van der Waals surface area contributed by atoms with Crippen LogP contribution in [-0.4, -0.2) is 34.2 Å². The number of likely N-dealkylation sites (tertiary alicyclic amines) is 1. The van der Waals surface area contributed by atoms with Crippen molar-refractivity contribution in [2.75, 3.05) is 6.54 Å². The number of nitrogens with zero attached hydrogens (tertiary/aromatic N) is 1. The molecular formula is C11H21NO. The summed E-state index contributed by atoms with van der Waals surface area (Å²) in [5, 5.41) is 10.1. The first-order chi connectivity index (χ1) is 6.13. The second kappa shape index (κ2) is 3.25. The van der Waals surface area contributed by atoms with Crippen LogP contribution in [0.4, 0.5) is 0 Å². The highest BCUT2D eigenvalue weighted by Gasteiger charge is 2.50. The minimum atomic E-state index is -0.301. The fourth-order valence-electron chi connectivity index (χ4n) is 2.61. The van der Waals surface area contributed by atoms with Crippen molar-refractivity contribution < 1.29 is 5.11 Å². The molecular weight excluding hydrogens is 162 g/mol. The molecule has 2 rings (SSSR count). The van der Waals surface area contributed by atoms with Crippen molar-refractivity contribution in [3.8, 4) is 0 Å². The molecule has 0 aromatic carbocycles. The number of rotatable bonds is 2. The minimum Gasteiger partial charge on any atom is -0.388 e. The van der Waals surface area contributed by atoms with Crippen LogP contribution >= 0.6 is 0 Å². The van der Waals surface area contributed by atoms with Crippen molar-refractivity contribution in [3.05, 3.63) is 0 Å². The zero-order valence-electron chi connectivity index (χ0n) is 8.79. The van der Waals surface area contributed by atoms with Crippen LogP contribution in [0.5, 0.6) is 0 Å². The third-order valence-electron chi connectivity index (χ3n) is 3.59. The first kappa shape index (κ1) is 9.47. The third-order valence-corrected chi connectivity index (χ3v) is 3.59. The van der Waals surface area contributed by atoms with Gasteiger partial charge in [-0.25, -0.2) is 0 Å². The van der Waals surface area contributed by atoms with Crippen molar-refractivity contribution in [2.24, 2.45) is 0 Å². The van der Waals surface area contributed by atoms with Gasteiger partial charge in [0, 0.05) is 12.1 Å². The molecule has 2 aliphatic rings. The number of hydrogen-bond acceptors (Lipinski definition) is 2. The van der Waals surface area contributed by atoms with Gasteiger partial charge in [0.1, 0.15) is 0 Å². The summed E-state index contributed by atoms with van der Waals surface area (Å²) >= 11 is 0. The molecule has 1 saturated heterocycles. The van der Waals surface area contributed by atoms with Gasteiger partial charge in [0.15, 0.2) is 0 Å². The quantitative estimate of drug-likeness (QED) is 0.705. The smallest absolute Gasteiger partial charge is 0.0804 e. The summed E-state index contributed by atoms with van der Waals surface area (Å²) in [5.41, 5.74) is -0.301. The number of piperidine rings is 1. The molecule has 0 aromatic rings. The first-order valence-corrected chi connectivity index (χ1v) is 5.61. The first-order valence-electron chi connectivity index (χ1n) is 5.61. The predicted octanol–water partition coefficient (Wildman–Crippen LogP) is 1.77. The van der Waals surface area contributed by atoms with Gasteiger partial charge in [-0.2, -0.15) is 0 Å². The highest BCUT2D eigenvalue weighted by atomic mass is 16.3. The lowest BCUT2D eigenvalue weighted by molar-refractivity contribution is -0.00748. The van der Waals surface area contributed by atoms with Crippen molar-refractivity contribution in [2.45, 2.75) is 63.6 Å². The average Bonchev–Trinajstić information content (AvgIpc) is 2.85. The fraction of sp³-hybridized carbons (Fsp3) is 1.00. The molecule has 0 radical (unpaired) electrons. The van der Waals surface area contributed by atoms with Crippen molar-refractivity contribution in [1.82, 2.24) is 4.90 Å². The van der Waals surface area contributed by atoms with Crippen LogP contribution in [0.3, 0.4) is 0 Å². The van der Waals surface area contributed by atoms with Crippen LogP contribution < -0.4 is 0 Å². The van der Waals surface area contributed by atoms with Gasteiger partial charge in [0.2, 0.25) is 0 Å². The molecule has 1 atom stereocenters. The molecule has 2 fully saturated rings. The molecule has 0 bridgehead atoms. The summed E-state index contributed by atoms with van der Waals surface area (Å²) in [6.45, 7) is 5.67. The van der Waals surface area contributed by atoms with E-state index in [9.17, 15) is 5.11 Å². The Kier molecular flexibility index (Phi) is 2.37. The van der Waals surface area contributed by atoms with E-state index < -0.39 is 0 Å². The lowest BCUT2D eigenvalue weighted by Gasteiger charge is -2.41. The monoisotopic (exact) mass is 183 g/mol. The summed E-state index contributed by atoms with van der Waals surface area (Å²) in [6.07, 6.45) is 5.87. The topological polar surface area (TPSA) is 23.5 Å². The molecule has 0 amide bonds. The molecule has 1 heterocycles. The van der Waals surface area contributed by atoms with E-state index in [1.165, 1.54) is 25.8 Å². The maximum absolute atomic E-state index is 10.1. The van der Waals surface area contributed by atoms with Crippen molar-refractivity contribution in [3.63, 3.8) is 0 Å². The Balaban J connectivity index is 2.04. The van der Waals surface area contributed by atoms with E-state index in [0.717, 1.165) is 12.8 Å². The van der Waals surface area contributed by atoms with Crippen molar-refractivity contribution >= 4 is 0 Å². The van der Waals surface area contributed by atoms with Gasteiger partial charge in [0.05, 0.1) is 5.60 Å². The third kappa shape index (κ3) is 1.75. The van der Waals surface area contributed by atoms with E-state index in [0.29, 0.717) is 12.1 Å². The van der Waals surface area contributed by atoms with Gasteiger partial charge >= 0.3 is 0 Å². The Morgan fingerprint density at radius 2 is 2.00 bits per heavy atom. The predicted molar refractivity (Wildman–Crippen MR) is 53.7 cm³/mol. The molecule has 13 heavy (non-hydrogen) atoms. The van der Waals surface area contributed by atoms with Crippen LogP contribution in [-0.2, 0) is 0 Å². The highest BCUT2D eigenvalue weighted by molar-refractivity contribution is 5.05. The van der Waals surface area contributed by atoms with E-state index in [1.54, 1.807) is 0 Å². The van der Waals surface area contributed by atoms with E-state index in [-0.39, 0.29) is 5.60 Å². The molecule has 2 nitrogen and oxygen atoms in total. The van der Waals surface area contributed by atoms with Crippen LogP contribution in [0.25, 0.3) is 0 Å². The maximum Gasteiger partial charge on any atom is 0.0804 e. The molecule has 1 unspecified atom stereocenters. The molecule has 0 spiro atoms. The molecule has 1 aliphatic carbocycles. The Hall–Kier alpha value is -0.0800. The van der Waals surface area contributed by atoms with E-state index in [2.05, 4.69) is 18.7 Å². The summed E-state index contributed by atoms with van der Waals surface area (Å²) in [7, 11) is 0. The fourth-order valence-corrected chi connectivity index (χ4v) is 2.61. The van der Waals surface area contributed by atoms with Gasteiger partial charge in [-0.3, -0.25) is 4.90 Å². The van der Waals surface area contributed by atoms with Gasteiger partial charge in [-0.1, -0.05) is 6.42 Å². The van der Waals surface area contributed by atoms with E-state index >= 15 is 0 Å². The lowest BCUT2D eigenvalue weighted by atomic mass is 9.94. The Bertz CT molecular complexity index is 187. The maximum atomic E-state index is 10.1. The summed E-state index contributed by atoms with van der Waals surface area (Å²) in [6, 6.07) is 1.05. The van der Waals surface area contributed by atoms with Gasteiger partial charge in [-0.05, 0) is 46.1 Å². The Morgan fingerprint density at radius 1 is 1.31 bits per heavy atom. The molecule has 2 heteroatoms. The largest absolute Gasteiger partial charge is 0.388 e. The van der Waals surface area contributed by atoms with Crippen LogP contribution in [0, 0.1) is 0 Å². The van der Waals surface area contributed by atoms with Gasteiger partial charge < -0.3 is 5.11 Å². The SMILES string of the molecule is CC(C)N1CCCCC1C1(O)CC1. The standard InChI is InChI=1S/C11H21NO/c1-9(2)12-8-4-3-5-10(12)11(13)6-7-11/h9-10,13H,3-8H2,1-2H3. The molecule has 76 valence electrons. The average molecular weight is 183 g/mol. The second-order valence-corrected chi connectivity index (χ2v) is 4.95. The Labute approximate surface area is 80.9 Å². The minimum absolute atomic E-state index is 0.301. The summed E-state index contributed by atoms with van der Waals surface area (Å²) in [5.74, 6) is 0. The van der Waals surface area contributed by atoms with Gasteiger partial charge in [0.25, 0.3) is 0 Å². The molecule has 1 aliphatic heterocycles. The summed E-state index contributed by atoms with van der Waals surface area (Å²) in [4.78, 5) is 2.50. The Morgan fingerprint density at radius 3 is 2.54 bits per heavy atom. The van der Waals surface area contributed by atoms with E-state index in [4.69, 9.17) is 0 Å². The van der Waals surface area contributed by atoms with Crippen LogP contribution in [0.2, 0.25) is 0 Å². The highest BCUT2D eigenvalue weighted by Crippen LogP contribution is 2.44. The van der Waals surface area contributed by atoms with E-state index in [1.807, 2.05) is 0 Å². The summed E-state index contributed by atoms with van der Waals surface area (Å²) < 4.78 is 0. The zero-order valence-corrected chi connectivity index (χ0v) is 8.79. The lowest BCUT2D eigenvalue weighted by Crippen LogP contribution is -2.51. The van der Waals surface area contributed by atoms with Gasteiger partial charge in [-0.15, -0.1) is 0 Å². The number of aliphatic hydroxyl groups is 1.